The quantitative estimate of drug-likeness (QED) is 0.549. The molecule has 0 aliphatic rings. The minimum absolute atomic E-state index is 0.287. The first-order valence-corrected chi connectivity index (χ1v) is 6.36. The summed E-state index contributed by atoms with van der Waals surface area (Å²) in [5.74, 6) is -2.57. The van der Waals surface area contributed by atoms with Crippen LogP contribution in [0.4, 0.5) is 0 Å². The maximum absolute atomic E-state index is 11.6. The van der Waals surface area contributed by atoms with E-state index >= 15 is 0 Å². The summed E-state index contributed by atoms with van der Waals surface area (Å²) in [6.07, 6.45) is -0.221. The van der Waals surface area contributed by atoms with Gasteiger partial charge in [-0.1, -0.05) is 30.3 Å². The largest absolute Gasteiger partial charge is 0.481 e. The monoisotopic (exact) mass is 294 g/mol. The number of Topliss-reactive ketones (excluding diaryl/α,β-unsaturated/α-hetero) is 1. The Morgan fingerprint density at radius 3 is 2.29 bits per heavy atom. The number of ether oxygens (including phenoxy) is 1. The first-order valence-electron chi connectivity index (χ1n) is 6.36. The van der Waals surface area contributed by atoms with Crippen LogP contribution < -0.4 is 11.5 Å². The minimum Gasteiger partial charge on any atom is -0.481 e. The molecule has 21 heavy (non-hydrogen) atoms. The van der Waals surface area contributed by atoms with E-state index in [0.717, 1.165) is 5.56 Å². The van der Waals surface area contributed by atoms with Crippen molar-refractivity contribution in [3.05, 3.63) is 35.9 Å². The van der Waals surface area contributed by atoms with Gasteiger partial charge in [0.25, 0.3) is 0 Å². The second-order valence-electron chi connectivity index (χ2n) is 4.57. The van der Waals surface area contributed by atoms with E-state index in [1.165, 1.54) is 0 Å². The molecule has 0 saturated heterocycles. The van der Waals surface area contributed by atoms with Crippen molar-refractivity contribution in [2.24, 2.45) is 11.5 Å². The van der Waals surface area contributed by atoms with Crippen LogP contribution in [0.1, 0.15) is 12.0 Å². The predicted molar refractivity (Wildman–Crippen MR) is 74.3 cm³/mol. The van der Waals surface area contributed by atoms with Crippen molar-refractivity contribution in [2.45, 2.75) is 24.9 Å². The Morgan fingerprint density at radius 1 is 1.10 bits per heavy atom. The first kappa shape index (κ1) is 16.8. The summed E-state index contributed by atoms with van der Waals surface area (Å²) in [5, 5.41) is 8.50. The van der Waals surface area contributed by atoms with Gasteiger partial charge < -0.3 is 21.3 Å². The summed E-state index contributed by atoms with van der Waals surface area (Å²) < 4.78 is 4.75. The molecule has 0 spiro atoms. The molecule has 1 aromatic carbocycles. The van der Waals surface area contributed by atoms with Crippen LogP contribution >= 0.6 is 0 Å². The Labute approximate surface area is 121 Å². The number of hydrogen-bond donors (Lipinski definition) is 3. The topological polar surface area (TPSA) is 133 Å². The number of carboxylic acid groups (broad SMARTS) is 1. The molecule has 7 heteroatoms. The van der Waals surface area contributed by atoms with Crippen LogP contribution in [0.2, 0.25) is 0 Å². The van der Waals surface area contributed by atoms with E-state index in [0.29, 0.717) is 0 Å². The van der Waals surface area contributed by atoms with E-state index in [4.69, 9.17) is 21.3 Å². The Kier molecular flexibility index (Phi) is 6.51. The number of hydrogen-bond acceptors (Lipinski definition) is 6. The molecular weight excluding hydrogens is 276 g/mol. The van der Waals surface area contributed by atoms with Gasteiger partial charge >= 0.3 is 11.9 Å². The molecule has 1 rings (SSSR count). The molecular formula is C14H18N2O5. The number of carbonyl (C=O) groups is 3. The lowest BCUT2D eigenvalue weighted by molar-refractivity contribution is -0.149. The fourth-order valence-electron chi connectivity index (χ4n) is 1.61. The molecule has 1 aromatic rings. The summed E-state index contributed by atoms with van der Waals surface area (Å²) in [4.78, 5) is 33.5. The fourth-order valence-corrected chi connectivity index (χ4v) is 1.61. The zero-order valence-corrected chi connectivity index (χ0v) is 11.4. The van der Waals surface area contributed by atoms with Crippen molar-refractivity contribution in [3.8, 4) is 0 Å². The van der Waals surface area contributed by atoms with Crippen molar-refractivity contribution in [3.63, 3.8) is 0 Å². The summed E-state index contributed by atoms with van der Waals surface area (Å²) in [7, 11) is 0. The highest BCUT2D eigenvalue weighted by molar-refractivity contribution is 5.90. The maximum atomic E-state index is 11.6. The van der Waals surface area contributed by atoms with Gasteiger partial charge in [-0.25, -0.2) is 0 Å². The van der Waals surface area contributed by atoms with Gasteiger partial charge in [0.05, 0.1) is 12.5 Å². The SMILES string of the molecule is NC(CC(=O)O)C(=O)COC(=O)C(N)Cc1ccccc1. The number of carbonyl (C=O) groups excluding carboxylic acids is 2. The number of nitrogens with two attached hydrogens (primary N) is 2. The molecule has 0 amide bonds. The van der Waals surface area contributed by atoms with Gasteiger partial charge in [-0.15, -0.1) is 0 Å². The molecule has 0 saturated carbocycles. The molecule has 0 bridgehead atoms. The molecule has 0 aliphatic heterocycles. The van der Waals surface area contributed by atoms with Crippen molar-refractivity contribution in [1.29, 1.82) is 0 Å². The Balaban J connectivity index is 2.39. The normalized spacial score (nSPS) is 13.2. The third kappa shape index (κ3) is 6.15. The van der Waals surface area contributed by atoms with Crippen LogP contribution in [-0.2, 0) is 25.5 Å². The number of rotatable bonds is 8. The Bertz CT molecular complexity index is 503. The summed E-state index contributed by atoms with van der Waals surface area (Å²) in [6, 6.07) is 7.04. The zero-order chi connectivity index (χ0) is 15.8. The van der Waals surface area contributed by atoms with Crippen LogP contribution in [0.25, 0.3) is 0 Å². The average Bonchev–Trinajstić information content (AvgIpc) is 2.44. The molecule has 0 heterocycles. The maximum Gasteiger partial charge on any atom is 0.323 e. The smallest absolute Gasteiger partial charge is 0.323 e. The molecule has 5 N–H and O–H groups in total. The fraction of sp³-hybridized carbons (Fsp3) is 0.357. The van der Waals surface area contributed by atoms with E-state index < -0.39 is 42.8 Å². The van der Waals surface area contributed by atoms with Crippen molar-refractivity contribution in [1.82, 2.24) is 0 Å². The highest BCUT2D eigenvalue weighted by atomic mass is 16.5. The molecule has 0 aromatic heterocycles. The van der Waals surface area contributed by atoms with Gasteiger partial charge in [0.15, 0.2) is 12.4 Å². The standard InChI is InChI=1S/C14H18N2O5/c15-10(7-13(18)19)12(17)8-21-14(20)11(16)6-9-4-2-1-3-5-9/h1-5,10-11H,6-8,15-16H2,(H,18,19). The molecule has 0 fully saturated rings. The number of ketones is 1. The van der Waals surface area contributed by atoms with Crippen molar-refractivity contribution >= 4 is 17.7 Å². The second-order valence-corrected chi connectivity index (χ2v) is 4.57. The van der Waals surface area contributed by atoms with E-state index in [1.807, 2.05) is 30.3 Å². The summed E-state index contributed by atoms with van der Waals surface area (Å²) >= 11 is 0. The van der Waals surface area contributed by atoms with Crippen LogP contribution in [0.15, 0.2) is 30.3 Å². The number of benzene rings is 1. The van der Waals surface area contributed by atoms with Gasteiger partial charge in [-0.05, 0) is 12.0 Å². The van der Waals surface area contributed by atoms with Crippen molar-refractivity contribution < 1.29 is 24.2 Å². The predicted octanol–water partition coefficient (Wildman–Crippen LogP) is -0.529. The highest BCUT2D eigenvalue weighted by Gasteiger charge is 2.21. The van der Waals surface area contributed by atoms with Crippen molar-refractivity contribution in [2.75, 3.05) is 6.61 Å². The molecule has 2 atom stereocenters. The second kappa shape index (κ2) is 8.13. The lowest BCUT2D eigenvalue weighted by Crippen LogP contribution is -2.39. The Morgan fingerprint density at radius 2 is 1.71 bits per heavy atom. The van der Waals surface area contributed by atoms with Gasteiger partial charge in [-0.2, -0.15) is 0 Å². The van der Waals surface area contributed by atoms with E-state index in [9.17, 15) is 14.4 Å². The lowest BCUT2D eigenvalue weighted by atomic mass is 10.1. The van der Waals surface area contributed by atoms with Crippen LogP contribution in [0, 0.1) is 0 Å². The van der Waals surface area contributed by atoms with Crippen LogP contribution in [0.3, 0.4) is 0 Å². The van der Waals surface area contributed by atoms with Gasteiger partial charge in [0.1, 0.15) is 6.04 Å². The van der Waals surface area contributed by atoms with E-state index in [2.05, 4.69) is 0 Å². The van der Waals surface area contributed by atoms with Gasteiger partial charge in [-0.3, -0.25) is 14.4 Å². The summed E-state index contributed by atoms with van der Waals surface area (Å²) in [6.45, 7) is -0.574. The number of aliphatic carboxylic acids is 1. The number of carboxylic acids is 1. The number of esters is 1. The third-order valence-corrected chi connectivity index (χ3v) is 2.77. The third-order valence-electron chi connectivity index (χ3n) is 2.77. The van der Waals surface area contributed by atoms with Crippen LogP contribution in [0.5, 0.6) is 0 Å². The van der Waals surface area contributed by atoms with E-state index in [-0.39, 0.29) is 6.42 Å². The molecule has 7 nitrogen and oxygen atoms in total. The summed E-state index contributed by atoms with van der Waals surface area (Å²) in [5.41, 5.74) is 11.9. The Hall–Kier alpha value is -2.25. The highest BCUT2D eigenvalue weighted by Crippen LogP contribution is 2.03. The van der Waals surface area contributed by atoms with Gasteiger partial charge in [0.2, 0.25) is 0 Å². The lowest BCUT2D eigenvalue weighted by Gasteiger charge is -2.12. The first-order chi connectivity index (χ1) is 9.90. The minimum atomic E-state index is -1.19. The van der Waals surface area contributed by atoms with Crippen LogP contribution in [-0.4, -0.2) is 41.5 Å². The molecule has 114 valence electrons. The van der Waals surface area contributed by atoms with E-state index in [1.54, 1.807) is 0 Å². The molecule has 2 unspecified atom stereocenters. The molecule has 0 aliphatic carbocycles. The zero-order valence-electron chi connectivity index (χ0n) is 11.4. The van der Waals surface area contributed by atoms with Gasteiger partial charge in [0, 0.05) is 0 Å². The molecule has 0 radical (unpaired) electrons. The average molecular weight is 294 g/mol.